The Hall–Kier alpha value is -0.920. The van der Waals surface area contributed by atoms with E-state index in [1.807, 2.05) is 32.2 Å². The molecule has 0 heterocycles. The Morgan fingerprint density at radius 2 is 2.18 bits per heavy atom. The molecule has 0 saturated carbocycles. The summed E-state index contributed by atoms with van der Waals surface area (Å²) in [5.41, 5.74) is 0. The molecule has 0 radical (unpaired) electrons. The van der Waals surface area contributed by atoms with Crippen LogP contribution in [-0.2, 0) is 0 Å². The van der Waals surface area contributed by atoms with Crippen LogP contribution in [0.25, 0.3) is 0 Å². The third-order valence-corrected chi connectivity index (χ3v) is 1.29. The molecule has 2 nitrogen and oxygen atoms in total. The second kappa shape index (κ2) is 7.19. The first-order valence-corrected chi connectivity index (χ1v) is 4.09. The van der Waals surface area contributed by atoms with E-state index in [-0.39, 0.29) is 0 Å². The van der Waals surface area contributed by atoms with Gasteiger partial charge in [-0.1, -0.05) is 19.1 Å². The van der Waals surface area contributed by atoms with Gasteiger partial charge in [0.2, 0.25) is 0 Å². The van der Waals surface area contributed by atoms with Crippen LogP contribution in [-0.4, -0.2) is 13.6 Å². The fraction of sp³-hybridized carbons (Fsp3) is 0.556. The lowest BCUT2D eigenvalue weighted by Crippen LogP contribution is -2.23. The van der Waals surface area contributed by atoms with Gasteiger partial charge in [0.25, 0.3) is 0 Å². The zero-order chi connectivity index (χ0) is 8.53. The van der Waals surface area contributed by atoms with Crippen LogP contribution in [0.2, 0.25) is 0 Å². The van der Waals surface area contributed by atoms with Gasteiger partial charge in [0.15, 0.2) is 0 Å². The second-order valence-electron chi connectivity index (χ2n) is 2.28. The van der Waals surface area contributed by atoms with Crippen LogP contribution in [0.15, 0.2) is 24.0 Å². The van der Waals surface area contributed by atoms with Crippen molar-refractivity contribution in [1.82, 2.24) is 10.6 Å². The quantitative estimate of drug-likeness (QED) is 0.588. The number of hydrogen-bond donors (Lipinski definition) is 2. The molecule has 0 saturated heterocycles. The van der Waals surface area contributed by atoms with E-state index in [1.54, 1.807) is 0 Å². The van der Waals surface area contributed by atoms with Crippen molar-refractivity contribution in [3.8, 4) is 0 Å². The van der Waals surface area contributed by atoms with Gasteiger partial charge in [-0.15, -0.1) is 0 Å². The Morgan fingerprint density at radius 3 is 2.64 bits per heavy atom. The fourth-order valence-electron chi connectivity index (χ4n) is 0.683. The topological polar surface area (TPSA) is 24.1 Å². The summed E-state index contributed by atoms with van der Waals surface area (Å²) in [6.07, 6.45) is 7.18. The molecule has 0 aliphatic carbocycles. The standard InChI is InChI=1S/C9H18N2/c1-4-6-7-9(10-3)11-8-5-2/h4,6-7,10-11H,5,8H2,1-3H3/b6-4-,9-7+. The van der Waals surface area contributed by atoms with Crippen LogP contribution in [0.4, 0.5) is 0 Å². The Bertz CT molecular complexity index is 136. The SMILES string of the molecule is C/C=C\C=C(/NC)NCCC. The molecular weight excluding hydrogens is 136 g/mol. The smallest absolute Gasteiger partial charge is 0.0983 e. The van der Waals surface area contributed by atoms with E-state index in [9.17, 15) is 0 Å². The minimum atomic E-state index is 1.02. The van der Waals surface area contributed by atoms with Gasteiger partial charge >= 0.3 is 0 Å². The molecule has 11 heavy (non-hydrogen) atoms. The molecular formula is C9H18N2. The van der Waals surface area contributed by atoms with Crippen LogP contribution in [0, 0.1) is 0 Å². The van der Waals surface area contributed by atoms with E-state index in [2.05, 4.69) is 17.6 Å². The minimum Gasteiger partial charge on any atom is -0.375 e. The van der Waals surface area contributed by atoms with Crippen molar-refractivity contribution < 1.29 is 0 Å². The molecule has 0 aliphatic heterocycles. The van der Waals surface area contributed by atoms with Crippen molar-refractivity contribution in [1.29, 1.82) is 0 Å². The Labute approximate surface area is 69.4 Å². The van der Waals surface area contributed by atoms with Gasteiger partial charge < -0.3 is 10.6 Å². The van der Waals surface area contributed by atoms with Crippen molar-refractivity contribution in [3.05, 3.63) is 24.0 Å². The fourth-order valence-corrected chi connectivity index (χ4v) is 0.683. The molecule has 0 aromatic carbocycles. The maximum Gasteiger partial charge on any atom is 0.0983 e. The Kier molecular flexibility index (Phi) is 6.59. The highest BCUT2D eigenvalue weighted by molar-refractivity contribution is 5.08. The highest BCUT2D eigenvalue weighted by Gasteiger charge is 1.86. The first-order chi connectivity index (χ1) is 5.35. The van der Waals surface area contributed by atoms with E-state index in [4.69, 9.17) is 0 Å². The predicted octanol–water partition coefficient (Wildman–Crippen LogP) is 1.62. The van der Waals surface area contributed by atoms with Crippen LogP contribution < -0.4 is 10.6 Å². The normalized spacial score (nSPS) is 12.1. The summed E-state index contributed by atoms with van der Waals surface area (Å²) < 4.78 is 0. The summed E-state index contributed by atoms with van der Waals surface area (Å²) >= 11 is 0. The van der Waals surface area contributed by atoms with E-state index < -0.39 is 0 Å². The highest BCUT2D eigenvalue weighted by Crippen LogP contribution is 1.84. The van der Waals surface area contributed by atoms with Crippen molar-refractivity contribution in [3.63, 3.8) is 0 Å². The van der Waals surface area contributed by atoms with E-state index >= 15 is 0 Å². The monoisotopic (exact) mass is 154 g/mol. The van der Waals surface area contributed by atoms with Crippen LogP contribution >= 0.6 is 0 Å². The molecule has 0 aromatic heterocycles. The average Bonchev–Trinajstić information content (AvgIpc) is 2.05. The van der Waals surface area contributed by atoms with Gasteiger partial charge in [0, 0.05) is 13.6 Å². The van der Waals surface area contributed by atoms with Crippen LogP contribution in [0.1, 0.15) is 20.3 Å². The summed E-state index contributed by atoms with van der Waals surface area (Å²) in [7, 11) is 1.91. The Morgan fingerprint density at radius 1 is 1.45 bits per heavy atom. The number of hydrogen-bond acceptors (Lipinski definition) is 2. The average molecular weight is 154 g/mol. The molecule has 0 atom stereocenters. The molecule has 0 amide bonds. The van der Waals surface area contributed by atoms with E-state index in [1.165, 1.54) is 0 Å². The molecule has 0 bridgehead atoms. The zero-order valence-corrected chi connectivity index (χ0v) is 7.65. The zero-order valence-electron chi connectivity index (χ0n) is 7.65. The van der Waals surface area contributed by atoms with Gasteiger partial charge in [-0.25, -0.2) is 0 Å². The number of allylic oxidation sites excluding steroid dienone is 3. The summed E-state index contributed by atoms with van der Waals surface area (Å²) in [5.74, 6) is 1.07. The number of nitrogens with one attached hydrogen (secondary N) is 2. The van der Waals surface area contributed by atoms with Gasteiger partial charge in [0.05, 0.1) is 5.82 Å². The third kappa shape index (κ3) is 5.52. The van der Waals surface area contributed by atoms with Gasteiger partial charge in [-0.05, 0) is 19.4 Å². The molecule has 0 unspecified atom stereocenters. The summed E-state index contributed by atoms with van der Waals surface area (Å²) in [4.78, 5) is 0. The van der Waals surface area contributed by atoms with Gasteiger partial charge in [0.1, 0.15) is 0 Å². The van der Waals surface area contributed by atoms with Crippen molar-refractivity contribution in [2.75, 3.05) is 13.6 Å². The molecule has 2 N–H and O–H groups in total. The molecule has 0 fully saturated rings. The maximum absolute atomic E-state index is 3.25. The first-order valence-electron chi connectivity index (χ1n) is 4.09. The van der Waals surface area contributed by atoms with Crippen LogP contribution in [0.3, 0.4) is 0 Å². The van der Waals surface area contributed by atoms with E-state index in [0.29, 0.717) is 0 Å². The highest BCUT2D eigenvalue weighted by atomic mass is 15.1. The molecule has 0 aliphatic rings. The first kappa shape index (κ1) is 10.1. The lowest BCUT2D eigenvalue weighted by Gasteiger charge is -2.07. The summed E-state index contributed by atoms with van der Waals surface area (Å²) in [6.45, 7) is 5.17. The maximum atomic E-state index is 3.25. The molecule has 0 aromatic rings. The number of rotatable bonds is 5. The molecule has 64 valence electrons. The van der Waals surface area contributed by atoms with Crippen molar-refractivity contribution >= 4 is 0 Å². The van der Waals surface area contributed by atoms with Crippen molar-refractivity contribution in [2.24, 2.45) is 0 Å². The lowest BCUT2D eigenvalue weighted by atomic mass is 10.4. The third-order valence-electron chi connectivity index (χ3n) is 1.29. The second-order valence-corrected chi connectivity index (χ2v) is 2.28. The molecule has 0 rings (SSSR count). The molecule has 2 heteroatoms. The summed E-state index contributed by atoms with van der Waals surface area (Å²) in [5, 5.41) is 6.32. The lowest BCUT2D eigenvalue weighted by molar-refractivity contribution is 0.715. The van der Waals surface area contributed by atoms with E-state index in [0.717, 1.165) is 18.8 Å². The Balaban J connectivity index is 3.73. The van der Waals surface area contributed by atoms with Gasteiger partial charge in [-0.3, -0.25) is 0 Å². The predicted molar refractivity (Wildman–Crippen MR) is 50.3 cm³/mol. The largest absolute Gasteiger partial charge is 0.375 e. The van der Waals surface area contributed by atoms with Crippen molar-refractivity contribution in [2.45, 2.75) is 20.3 Å². The van der Waals surface area contributed by atoms with Crippen LogP contribution in [0.5, 0.6) is 0 Å². The minimum absolute atomic E-state index is 1.02. The molecule has 0 spiro atoms. The summed E-state index contributed by atoms with van der Waals surface area (Å²) in [6, 6.07) is 0. The van der Waals surface area contributed by atoms with Gasteiger partial charge in [-0.2, -0.15) is 0 Å².